The molecule has 0 aromatic heterocycles. The highest BCUT2D eigenvalue weighted by Crippen LogP contribution is 2.19. The lowest BCUT2D eigenvalue weighted by molar-refractivity contribution is 0.221. The first kappa shape index (κ1) is 16.0. The third kappa shape index (κ3) is 5.76. The fourth-order valence-corrected chi connectivity index (χ4v) is 1.71. The summed E-state index contributed by atoms with van der Waals surface area (Å²) in [5.41, 5.74) is 0. The second-order valence-corrected chi connectivity index (χ2v) is 5.41. The van der Waals surface area contributed by atoms with Crippen LogP contribution >= 0.6 is 10.7 Å². The van der Waals surface area contributed by atoms with E-state index in [1.165, 1.54) is 33.5 Å². The Morgan fingerprint density at radius 1 is 1.29 bits per heavy atom. The van der Waals surface area contributed by atoms with Gasteiger partial charge in [0.15, 0.2) is 11.5 Å². The first-order chi connectivity index (χ1) is 7.86. The summed E-state index contributed by atoms with van der Waals surface area (Å²) in [6.07, 6.45) is 2.53. The lowest BCUT2D eigenvalue weighted by Gasteiger charge is -2.08. The Hall–Kier alpha value is -0.980. The lowest BCUT2D eigenvalue weighted by atomic mass is 10.3. The van der Waals surface area contributed by atoms with E-state index in [1.807, 2.05) is 0 Å². The molecule has 7 heteroatoms. The van der Waals surface area contributed by atoms with Crippen LogP contribution in [0.3, 0.4) is 0 Å². The quantitative estimate of drug-likeness (QED) is 0.405. The van der Waals surface area contributed by atoms with Crippen LogP contribution in [0.25, 0.3) is 0 Å². The van der Waals surface area contributed by atoms with Crippen molar-refractivity contribution in [3.8, 4) is 0 Å². The van der Waals surface area contributed by atoms with Gasteiger partial charge in [-0.1, -0.05) is 6.58 Å². The Labute approximate surface area is 106 Å². The fourth-order valence-electron chi connectivity index (χ4n) is 0.877. The number of hydrogen-bond acceptors (Lipinski definition) is 5. The number of allylic oxidation sites excluding steroid dienone is 1. The molecule has 0 N–H and O–H groups in total. The number of rotatable bonds is 7. The molecule has 0 bridgehead atoms. The molecule has 0 aliphatic heterocycles. The molecule has 0 fully saturated rings. The molecule has 0 aliphatic carbocycles. The van der Waals surface area contributed by atoms with E-state index < -0.39 is 9.05 Å². The second-order valence-electron chi connectivity index (χ2n) is 2.84. The Morgan fingerprint density at radius 3 is 2.24 bits per heavy atom. The van der Waals surface area contributed by atoms with Gasteiger partial charge in [0.1, 0.15) is 0 Å². The van der Waals surface area contributed by atoms with Crippen LogP contribution in [0.1, 0.15) is 0 Å². The highest BCUT2D eigenvalue weighted by molar-refractivity contribution is 8.17. The van der Waals surface area contributed by atoms with Gasteiger partial charge in [-0.05, 0) is 6.08 Å². The Balaban J connectivity index is 5.35. The molecule has 0 saturated heterocycles. The van der Waals surface area contributed by atoms with Crippen molar-refractivity contribution in [3.63, 3.8) is 0 Å². The van der Waals surface area contributed by atoms with Gasteiger partial charge in [0.25, 0.3) is 9.05 Å². The molecule has 0 amide bonds. The topological polar surface area (TPSA) is 61.8 Å². The largest absolute Gasteiger partial charge is 0.493 e. The van der Waals surface area contributed by atoms with E-state index in [0.717, 1.165) is 0 Å². The van der Waals surface area contributed by atoms with Crippen LogP contribution in [-0.4, -0.2) is 36.4 Å². The Kier molecular flexibility index (Phi) is 6.94. The van der Waals surface area contributed by atoms with Crippen molar-refractivity contribution in [2.75, 3.05) is 27.9 Å². The lowest BCUT2D eigenvalue weighted by Crippen LogP contribution is -2.00. The molecule has 0 spiro atoms. The highest BCUT2D eigenvalue weighted by Gasteiger charge is 2.14. The standard InChI is InChI=1S/C10H15ClO5S/c1-8(15-3)10(16-4)7-9(5-6-14-2)17(11,12)13/h5,7H,1,6H2,2-4H3/b9-5+,10-7+. The maximum absolute atomic E-state index is 11.3. The van der Waals surface area contributed by atoms with Crippen molar-refractivity contribution in [1.29, 1.82) is 0 Å². The minimum atomic E-state index is -3.88. The van der Waals surface area contributed by atoms with E-state index in [-0.39, 0.29) is 23.0 Å². The zero-order chi connectivity index (χ0) is 13.5. The molecule has 0 radical (unpaired) electrons. The summed E-state index contributed by atoms with van der Waals surface area (Å²) in [5, 5.41) is 0. The monoisotopic (exact) mass is 282 g/mol. The van der Waals surface area contributed by atoms with Gasteiger partial charge in [-0.25, -0.2) is 8.42 Å². The molecule has 0 aliphatic rings. The average molecular weight is 283 g/mol. The van der Waals surface area contributed by atoms with E-state index >= 15 is 0 Å². The zero-order valence-electron chi connectivity index (χ0n) is 9.90. The van der Waals surface area contributed by atoms with Crippen LogP contribution in [0, 0.1) is 0 Å². The molecule has 0 atom stereocenters. The molecule has 17 heavy (non-hydrogen) atoms. The van der Waals surface area contributed by atoms with Crippen molar-refractivity contribution in [2.24, 2.45) is 0 Å². The van der Waals surface area contributed by atoms with E-state index in [1.54, 1.807) is 0 Å². The fraction of sp³-hybridized carbons (Fsp3) is 0.400. The van der Waals surface area contributed by atoms with Crippen LogP contribution < -0.4 is 0 Å². The smallest absolute Gasteiger partial charge is 0.261 e. The number of halogens is 1. The van der Waals surface area contributed by atoms with Gasteiger partial charge in [-0.3, -0.25) is 0 Å². The molecule has 98 valence electrons. The normalized spacial score (nSPS) is 13.4. The van der Waals surface area contributed by atoms with Gasteiger partial charge in [-0.15, -0.1) is 0 Å². The molecule has 0 aromatic rings. The maximum Gasteiger partial charge on any atom is 0.261 e. The molecule has 5 nitrogen and oxygen atoms in total. The molecule has 0 unspecified atom stereocenters. The molecule has 0 heterocycles. The summed E-state index contributed by atoms with van der Waals surface area (Å²) in [5.74, 6) is 0.357. The summed E-state index contributed by atoms with van der Waals surface area (Å²) in [7, 11) is 5.57. The maximum atomic E-state index is 11.3. The molecule has 0 saturated carbocycles. The van der Waals surface area contributed by atoms with Gasteiger partial charge in [0.2, 0.25) is 0 Å². The first-order valence-electron chi connectivity index (χ1n) is 4.49. The zero-order valence-corrected chi connectivity index (χ0v) is 11.5. The SMILES string of the molecule is C=C(OC)/C(=C\C(=C/COC)S(=O)(=O)Cl)OC. The van der Waals surface area contributed by atoms with Crippen LogP contribution in [0.4, 0.5) is 0 Å². The van der Waals surface area contributed by atoms with Crippen molar-refractivity contribution in [1.82, 2.24) is 0 Å². The van der Waals surface area contributed by atoms with Gasteiger partial charge < -0.3 is 14.2 Å². The van der Waals surface area contributed by atoms with Crippen LogP contribution in [0.15, 0.2) is 35.2 Å². The van der Waals surface area contributed by atoms with Crippen LogP contribution in [0.5, 0.6) is 0 Å². The summed E-state index contributed by atoms with van der Waals surface area (Å²) in [6, 6.07) is 0. The number of ether oxygens (including phenoxy) is 3. The molecule has 0 rings (SSSR count). The van der Waals surface area contributed by atoms with Crippen molar-refractivity contribution >= 4 is 19.7 Å². The minimum Gasteiger partial charge on any atom is -0.493 e. The first-order valence-corrected chi connectivity index (χ1v) is 6.80. The van der Waals surface area contributed by atoms with Crippen LogP contribution in [0.2, 0.25) is 0 Å². The van der Waals surface area contributed by atoms with E-state index in [2.05, 4.69) is 6.58 Å². The van der Waals surface area contributed by atoms with E-state index in [4.69, 9.17) is 24.9 Å². The van der Waals surface area contributed by atoms with Crippen molar-refractivity contribution < 1.29 is 22.6 Å². The summed E-state index contributed by atoms with van der Waals surface area (Å²) >= 11 is 0. The number of hydrogen-bond donors (Lipinski definition) is 0. The van der Waals surface area contributed by atoms with Crippen molar-refractivity contribution in [3.05, 3.63) is 35.2 Å². The van der Waals surface area contributed by atoms with Gasteiger partial charge in [0, 0.05) is 23.9 Å². The summed E-state index contributed by atoms with van der Waals surface area (Å²) in [6.45, 7) is 3.65. The average Bonchev–Trinajstić information content (AvgIpc) is 2.26. The number of methoxy groups -OCH3 is 3. The third-order valence-electron chi connectivity index (χ3n) is 1.75. The molecular weight excluding hydrogens is 268 g/mol. The van der Waals surface area contributed by atoms with E-state index in [0.29, 0.717) is 0 Å². The minimum absolute atomic E-state index is 0.105. The predicted octanol–water partition coefficient (Wildman–Crippen LogP) is 1.78. The Morgan fingerprint density at radius 2 is 1.88 bits per heavy atom. The third-order valence-corrected chi connectivity index (χ3v) is 3.13. The molecular formula is C10H15ClO5S. The summed E-state index contributed by atoms with van der Waals surface area (Å²) < 4.78 is 37.1. The predicted molar refractivity (Wildman–Crippen MR) is 66.0 cm³/mol. The van der Waals surface area contributed by atoms with E-state index in [9.17, 15) is 8.42 Å². The van der Waals surface area contributed by atoms with Crippen molar-refractivity contribution in [2.45, 2.75) is 0 Å². The second kappa shape index (κ2) is 7.37. The van der Waals surface area contributed by atoms with Crippen LogP contribution in [-0.2, 0) is 23.3 Å². The van der Waals surface area contributed by atoms with Gasteiger partial charge >= 0.3 is 0 Å². The highest BCUT2D eigenvalue weighted by atomic mass is 35.7. The van der Waals surface area contributed by atoms with Gasteiger partial charge in [-0.2, -0.15) is 0 Å². The molecule has 0 aromatic carbocycles. The Bertz CT molecular complexity index is 422. The van der Waals surface area contributed by atoms with Gasteiger partial charge in [0.05, 0.1) is 25.7 Å². The summed E-state index contributed by atoms with van der Waals surface area (Å²) in [4.78, 5) is -0.143.